The van der Waals surface area contributed by atoms with Crippen LogP contribution in [0, 0.1) is 31.5 Å². The number of halogens is 2. The second kappa shape index (κ2) is 7.94. The summed E-state index contributed by atoms with van der Waals surface area (Å²) in [5, 5.41) is 0. The van der Waals surface area contributed by atoms with Crippen molar-refractivity contribution in [2.24, 2.45) is 0 Å². The van der Waals surface area contributed by atoms with Gasteiger partial charge in [-0.1, -0.05) is 0 Å². The first-order valence-corrected chi connectivity index (χ1v) is 4.82. The molecule has 0 rings (SSSR count). The van der Waals surface area contributed by atoms with Crippen LogP contribution in [0.2, 0.25) is 0 Å². The molecule has 0 bridgehead atoms. The maximum Gasteiger partial charge on any atom is 0.237 e. The van der Waals surface area contributed by atoms with E-state index in [4.69, 9.17) is 0 Å². The fraction of sp³-hybridized carbons (Fsp3) is 0. The van der Waals surface area contributed by atoms with E-state index in [1.165, 1.54) is 0 Å². The Labute approximate surface area is 77.8 Å². The minimum atomic E-state index is -1.18. The molecular weight excluding hydrogens is 342 g/mol. The van der Waals surface area contributed by atoms with Gasteiger partial charge in [0.1, 0.15) is 0 Å². The smallest absolute Gasteiger partial charge is 0.237 e. The third-order valence-electron chi connectivity index (χ3n) is 0.321. The molecule has 0 N–H and O–H groups in total. The number of hydrogen-bond acceptors (Lipinski definition) is 1. The van der Waals surface area contributed by atoms with Crippen molar-refractivity contribution in [3.63, 3.8) is 0 Å². The van der Waals surface area contributed by atoms with Crippen LogP contribution >= 0.6 is 43.8 Å². The van der Waals surface area contributed by atoms with Crippen molar-refractivity contribution >= 4 is 43.8 Å². The lowest BCUT2D eigenvalue weighted by Gasteiger charge is -1.50. The molecule has 44 valence electrons. The summed E-state index contributed by atoms with van der Waals surface area (Å²) in [6.45, 7) is 0. The molecule has 0 aliphatic carbocycles. The van der Waals surface area contributed by atoms with Crippen molar-refractivity contribution in [3.8, 4) is 31.5 Å². The summed E-state index contributed by atoms with van der Waals surface area (Å²) in [4.78, 5) is 0. The van der Waals surface area contributed by atoms with E-state index in [0.717, 1.165) is 0 Å². The van der Waals surface area contributed by atoms with Crippen LogP contribution in [0.1, 0.15) is 0 Å². The highest BCUT2D eigenvalue weighted by molar-refractivity contribution is 14.2. The number of rotatable bonds is 0. The molecule has 0 aliphatic heterocycles. The van der Waals surface area contributed by atoms with Crippen molar-refractivity contribution in [2.45, 2.75) is 0 Å². The molecule has 1 nitrogen and oxygen atoms in total. The van der Waals surface area contributed by atoms with Crippen LogP contribution in [0.4, 0.5) is 0 Å². The first-order chi connectivity index (χ1) is 4.41. The quantitative estimate of drug-likeness (QED) is 0.484. The Hall–Kier alpha value is -0.0600. The lowest BCUT2D eigenvalue weighted by molar-refractivity contribution is 0.648. The molecule has 0 aromatic carbocycles. The summed E-state index contributed by atoms with van der Waals surface area (Å²) in [7, 11) is 0. The molecule has 3 heteroatoms. The highest BCUT2D eigenvalue weighted by Gasteiger charge is 1.55. The van der Waals surface area contributed by atoms with E-state index in [1.54, 1.807) is 0 Å². The average molecular weight is 342 g/mol. The van der Waals surface area contributed by atoms with E-state index in [1.807, 2.05) is 22.6 Å². The predicted octanol–water partition coefficient (Wildman–Crippen LogP) is 1.66. The fourth-order valence-corrected chi connectivity index (χ4v) is 0.509. The Morgan fingerprint density at radius 2 is 1.78 bits per heavy atom. The Morgan fingerprint density at radius 1 is 1.11 bits per heavy atom. The van der Waals surface area contributed by atoms with Crippen molar-refractivity contribution in [2.75, 3.05) is 0 Å². The van der Waals surface area contributed by atoms with Gasteiger partial charge in [0.15, 0.2) is 0 Å². The van der Waals surface area contributed by atoms with Gasteiger partial charge in [-0.2, -0.15) is 0 Å². The predicted molar refractivity (Wildman–Crippen MR) is 52.1 cm³/mol. The molecule has 0 heterocycles. The summed E-state index contributed by atoms with van der Waals surface area (Å²) < 4.78 is 14.7. The van der Waals surface area contributed by atoms with Gasteiger partial charge in [-0.3, -0.25) is 3.07 Å². The molecule has 0 aromatic heterocycles. The van der Waals surface area contributed by atoms with E-state index in [9.17, 15) is 3.07 Å². The van der Waals surface area contributed by atoms with Gasteiger partial charge in [0, 0.05) is 26.5 Å². The maximum atomic E-state index is 9.79. The molecule has 0 amide bonds. The third kappa shape index (κ3) is 7.94. The van der Waals surface area contributed by atoms with Gasteiger partial charge in [0.2, 0.25) is 21.2 Å². The largest absolute Gasteiger partial charge is 0.256 e. The molecular formula is C6I2O. The first-order valence-electron chi connectivity index (χ1n) is 1.78. The summed E-state index contributed by atoms with van der Waals surface area (Å²) in [6.07, 6.45) is 0. The van der Waals surface area contributed by atoms with Gasteiger partial charge in [-0.25, -0.2) is 0 Å². The molecule has 0 atom stereocenters. The van der Waals surface area contributed by atoms with Gasteiger partial charge in [0.25, 0.3) is 0 Å². The zero-order chi connectivity index (χ0) is 6.95. The lowest BCUT2D eigenvalue weighted by Crippen LogP contribution is -1.46. The van der Waals surface area contributed by atoms with Crippen molar-refractivity contribution in [3.05, 3.63) is 0 Å². The second-order valence-electron chi connectivity index (χ2n) is 0.766. The van der Waals surface area contributed by atoms with E-state index in [2.05, 4.69) is 31.5 Å². The van der Waals surface area contributed by atoms with Crippen LogP contribution in [0.25, 0.3) is 0 Å². The van der Waals surface area contributed by atoms with Crippen LogP contribution in [-0.4, -0.2) is 0 Å². The van der Waals surface area contributed by atoms with Crippen molar-refractivity contribution in [1.29, 1.82) is 0 Å². The van der Waals surface area contributed by atoms with E-state index in [0.29, 0.717) is 0 Å². The highest BCUT2D eigenvalue weighted by atomic mass is 127. The lowest BCUT2D eigenvalue weighted by atomic mass is 10.6. The van der Waals surface area contributed by atoms with Crippen molar-refractivity contribution in [1.82, 2.24) is 0 Å². The fourth-order valence-electron chi connectivity index (χ4n) is 0.129. The Morgan fingerprint density at radius 3 is 2.33 bits per heavy atom. The van der Waals surface area contributed by atoms with Crippen LogP contribution in [-0.2, 0) is 3.07 Å². The molecule has 9 heavy (non-hydrogen) atoms. The van der Waals surface area contributed by atoms with Crippen LogP contribution in [0.5, 0.6) is 0 Å². The maximum absolute atomic E-state index is 9.79. The van der Waals surface area contributed by atoms with E-state index >= 15 is 0 Å². The molecule has 0 saturated heterocycles. The summed E-state index contributed by atoms with van der Waals surface area (Å²) in [5.74, 6) is 9.76. The average Bonchev–Trinajstić information content (AvgIpc) is 1.89. The Kier molecular flexibility index (Phi) is 7.89. The van der Waals surface area contributed by atoms with Gasteiger partial charge >= 0.3 is 0 Å². The van der Waals surface area contributed by atoms with Crippen LogP contribution < -0.4 is 0 Å². The standard InChI is InChI=1S/C6I2O/c7-5-3-1-2-4-6-8-9. The molecule has 0 fully saturated rings. The normalized spacial score (nSPS) is 4.56. The van der Waals surface area contributed by atoms with Crippen LogP contribution in [0.3, 0.4) is 0 Å². The first kappa shape index (κ1) is 8.94. The molecule has 0 radical (unpaired) electrons. The van der Waals surface area contributed by atoms with E-state index < -0.39 is 21.2 Å². The van der Waals surface area contributed by atoms with Crippen molar-refractivity contribution < 1.29 is 3.07 Å². The summed E-state index contributed by atoms with van der Waals surface area (Å²) >= 11 is 0.703. The minimum absolute atomic E-state index is 1.18. The highest BCUT2D eigenvalue weighted by Crippen LogP contribution is 1.81. The van der Waals surface area contributed by atoms with Gasteiger partial charge in [-0.05, 0) is 27.6 Å². The van der Waals surface area contributed by atoms with Gasteiger partial charge in [0.05, 0.1) is 0 Å². The molecule has 0 saturated carbocycles. The molecule has 0 aromatic rings. The zero-order valence-electron chi connectivity index (χ0n) is 4.16. The topological polar surface area (TPSA) is 17.1 Å². The summed E-state index contributed by atoms with van der Waals surface area (Å²) in [6, 6.07) is 0. The molecule has 0 spiro atoms. The second-order valence-corrected chi connectivity index (χ2v) is 2.29. The molecule has 0 unspecified atom stereocenters. The zero-order valence-corrected chi connectivity index (χ0v) is 8.48. The van der Waals surface area contributed by atoms with Gasteiger partial charge < -0.3 is 0 Å². The van der Waals surface area contributed by atoms with Crippen LogP contribution in [0.15, 0.2) is 0 Å². The Balaban J connectivity index is 3.85. The Bertz CT molecular complexity index is 261. The summed E-state index contributed by atoms with van der Waals surface area (Å²) in [5.41, 5.74) is 0. The molecule has 0 aliphatic rings. The minimum Gasteiger partial charge on any atom is -0.256 e. The third-order valence-corrected chi connectivity index (χ3v) is 1.08. The monoisotopic (exact) mass is 342 g/mol. The number of hydrogen-bond donors (Lipinski definition) is 0. The van der Waals surface area contributed by atoms with E-state index in [-0.39, 0.29) is 0 Å². The van der Waals surface area contributed by atoms with Gasteiger partial charge in [-0.15, -0.1) is 0 Å². The SMILES string of the molecule is O=IC#CC#CC#CI.